The lowest BCUT2D eigenvalue weighted by Gasteiger charge is -2.12. The van der Waals surface area contributed by atoms with Crippen LogP contribution in [0.2, 0.25) is 0 Å². The molecule has 0 rings (SSSR count). The Morgan fingerprint density at radius 2 is 2.00 bits per heavy atom. The molecule has 0 saturated heterocycles. The van der Waals surface area contributed by atoms with Gasteiger partial charge in [-0.3, -0.25) is 0 Å². The van der Waals surface area contributed by atoms with Crippen molar-refractivity contribution in [1.82, 2.24) is 5.32 Å². The van der Waals surface area contributed by atoms with Gasteiger partial charge in [-0.15, -0.1) is 0 Å². The first-order valence-electron chi connectivity index (χ1n) is 6.96. The maximum absolute atomic E-state index is 9.60. The third-order valence-corrected chi connectivity index (χ3v) is 2.43. The number of hydrogen-bond donors (Lipinski definition) is 2. The van der Waals surface area contributed by atoms with Crippen molar-refractivity contribution in [2.45, 2.75) is 39.2 Å². The van der Waals surface area contributed by atoms with E-state index in [1.807, 2.05) is 13.0 Å². The van der Waals surface area contributed by atoms with Gasteiger partial charge in [-0.05, 0) is 26.3 Å². The molecule has 0 bridgehead atoms. The van der Waals surface area contributed by atoms with Gasteiger partial charge in [-0.25, -0.2) is 0 Å². The highest BCUT2D eigenvalue weighted by molar-refractivity contribution is 4.77. The molecule has 2 N–H and O–H groups in total. The van der Waals surface area contributed by atoms with Crippen molar-refractivity contribution in [2.75, 3.05) is 39.5 Å². The largest absolute Gasteiger partial charge is 0.389 e. The van der Waals surface area contributed by atoms with Gasteiger partial charge in [0.25, 0.3) is 0 Å². The lowest BCUT2D eigenvalue weighted by atomic mass is 10.3. The quantitative estimate of drug-likeness (QED) is 0.391. The molecule has 0 aliphatic carbocycles. The van der Waals surface area contributed by atoms with Crippen molar-refractivity contribution in [2.24, 2.45) is 0 Å². The molecule has 4 heteroatoms. The fraction of sp³-hybridized carbons (Fsp3) is 0.857. The summed E-state index contributed by atoms with van der Waals surface area (Å²) in [5, 5.41) is 12.8. The van der Waals surface area contributed by atoms with E-state index in [1.165, 1.54) is 0 Å². The summed E-state index contributed by atoms with van der Waals surface area (Å²) in [7, 11) is 0. The van der Waals surface area contributed by atoms with Crippen LogP contribution in [0.1, 0.15) is 33.1 Å². The van der Waals surface area contributed by atoms with Crippen molar-refractivity contribution in [3.05, 3.63) is 12.2 Å². The first-order chi connectivity index (χ1) is 8.81. The van der Waals surface area contributed by atoms with Crippen LogP contribution in [-0.4, -0.2) is 50.7 Å². The molecule has 0 saturated carbocycles. The molecule has 0 aromatic heterocycles. The number of ether oxygens (including phenoxy) is 2. The van der Waals surface area contributed by atoms with E-state index in [9.17, 15) is 5.11 Å². The Kier molecular flexibility index (Phi) is 14.3. The van der Waals surface area contributed by atoms with Crippen molar-refractivity contribution in [3.8, 4) is 0 Å². The minimum Gasteiger partial charge on any atom is -0.389 e. The van der Waals surface area contributed by atoms with E-state index in [4.69, 9.17) is 9.47 Å². The fourth-order valence-electron chi connectivity index (χ4n) is 1.37. The molecule has 0 aromatic carbocycles. The Morgan fingerprint density at radius 3 is 2.72 bits per heavy atom. The van der Waals surface area contributed by atoms with E-state index in [0.717, 1.165) is 32.4 Å². The van der Waals surface area contributed by atoms with Crippen molar-refractivity contribution >= 4 is 0 Å². The highest BCUT2D eigenvalue weighted by Crippen LogP contribution is 1.89. The number of aliphatic hydroxyl groups excluding tert-OH is 1. The van der Waals surface area contributed by atoms with Crippen LogP contribution in [0.4, 0.5) is 0 Å². The van der Waals surface area contributed by atoms with Gasteiger partial charge in [0.05, 0.1) is 25.9 Å². The van der Waals surface area contributed by atoms with Crippen molar-refractivity contribution in [3.63, 3.8) is 0 Å². The molecule has 0 heterocycles. The fourth-order valence-corrected chi connectivity index (χ4v) is 1.37. The van der Waals surface area contributed by atoms with Crippen molar-refractivity contribution < 1.29 is 14.6 Å². The maximum atomic E-state index is 9.60. The molecule has 108 valence electrons. The summed E-state index contributed by atoms with van der Waals surface area (Å²) in [5.74, 6) is 0. The van der Waals surface area contributed by atoms with Crippen LogP contribution >= 0.6 is 0 Å². The molecule has 4 nitrogen and oxygen atoms in total. The predicted molar refractivity (Wildman–Crippen MR) is 74.9 cm³/mol. The molecule has 0 radical (unpaired) electrons. The average Bonchev–Trinajstić information content (AvgIpc) is 2.37. The lowest BCUT2D eigenvalue weighted by molar-refractivity contribution is 0.00402. The number of unbranched alkanes of at least 4 members (excludes halogenated alkanes) is 1. The van der Waals surface area contributed by atoms with Crippen LogP contribution in [0.25, 0.3) is 0 Å². The molecule has 1 unspecified atom stereocenters. The zero-order valence-electron chi connectivity index (χ0n) is 11.9. The minimum absolute atomic E-state index is 0.369. The monoisotopic (exact) mass is 259 g/mol. The Hall–Kier alpha value is -0.420. The smallest absolute Gasteiger partial charge is 0.0897 e. The predicted octanol–water partition coefficient (Wildman–Crippen LogP) is 1.74. The normalized spacial score (nSPS) is 13.3. The van der Waals surface area contributed by atoms with Gasteiger partial charge in [0, 0.05) is 13.2 Å². The van der Waals surface area contributed by atoms with Crippen LogP contribution in [0.5, 0.6) is 0 Å². The molecule has 0 aliphatic heterocycles. The number of rotatable bonds is 13. The SMILES string of the molecule is C/C=C/CCNCC(O)COCCOCCCC. The van der Waals surface area contributed by atoms with E-state index in [-0.39, 0.29) is 0 Å². The first kappa shape index (κ1) is 17.6. The number of hydrogen-bond acceptors (Lipinski definition) is 4. The highest BCUT2D eigenvalue weighted by Gasteiger charge is 2.02. The van der Waals surface area contributed by atoms with Crippen LogP contribution in [-0.2, 0) is 9.47 Å². The van der Waals surface area contributed by atoms with Crippen LogP contribution in [0.15, 0.2) is 12.2 Å². The molecular weight excluding hydrogens is 230 g/mol. The minimum atomic E-state index is -0.439. The summed E-state index contributed by atoms with van der Waals surface area (Å²) in [6.45, 7) is 7.95. The van der Waals surface area contributed by atoms with Crippen LogP contribution in [0, 0.1) is 0 Å². The number of allylic oxidation sites excluding steroid dienone is 1. The van der Waals surface area contributed by atoms with Crippen LogP contribution in [0.3, 0.4) is 0 Å². The van der Waals surface area contributed by atoms with E-state index >= 15 is 0 Å². The molecule has 0 aliphatic rings. The van der Waals surface area contributed by atoms with Gasteiger partial charge in [0.15, 0.2) is 0 Å². The third kappa shape index (κ3) is 13.6. The molecule has 0 amide bonds. The van der Waals surface area contributed by atoms with Crippen molar-refractivity contribution in [1.29, 1.82) is 0 Å². The second kappa shape index (κ2) is 14.6. The van der Waals surface area contributed by atoms with Gasteiger partial charge < -0.3 is 19.9 Å². The molecule has 0 fully saturated rings. The standard InChI is InChI=1S/C14H29NO3/c1-3-5-7-8-15-12-14(16)13-18-11-10-17-9-6-4-2/h3,5,14-16H,4,6-13H2,1-2H3/b5-3+. The first-order valence-corrected chi connectivity index (χ1v) is 6.96. The Labute approximate surface area is 111 Å². The summed E-state index contributed by atoms with van der Waals surface area (Å²) in [5.41, 5.74) is 0. The molecule has 0 aromatic rings. The van der Waals surface area contributed by atoms with Gasteiger partial charge in [-0.1, -0.05) is 25.5 Å². The van der Waals surface area contributed by atoms with E-state index in [1.54, 1.807) is 0 Å². The van der Waals surface area contributed by atoms with Crippen LogP contribution < -0.4 is 5.32 Å². The van der Waals surface area contributed by atoms with Gasteiger partial charge in [0.2, 0.25) is 0 Å². The van der Waals surface area contributed by atoms with E-state index in [0.29, 0.717) is 26.4 Å². The van der Waals surface area contributed by atoms with E-state index < -0.39 is 6.10 Å². The van der Waals surface area contributed by atoms with Gasteiger partial charge in [0.1, 0.15) is 0 Å². The second-order valence-corrected chi connectivity index (χ2v) is 4.26. The Morgan fingerprint density at radius 1 is 1.22 bits per heavy atom. The summed E-state index contributed by atoms with van der Waals surface area (Å²) < 4.78 is 10.7. The van der Waals surface area contributed by atoms with E-state index in [2.05, 4.69) is 18.3 Å². The second-order valence-electron chi connectivity index (χ2n) is 4.26. The zero-order valence-corrected chi connectivity index (χ0v) is 11.9. The third-order valence-electron chi connectivity index (χ3n) is 2.43. The summed E-state index contributed by atoms with van der Waals surface area (Å²) in [6.07, 6.45) is 6.93. The Bertz CT molecular complexity index is 186. The average molecular weight is 259 g/mol. The molecule has 18 heavy (non-hydrogen) atoms. The number of aliphatic hydroxyl groups is 1. The molecular formula is C14H29NO3. The topological polar surface area (TPSA) is 50.7 Å². The summed E-state index contributed by atoms with van der Waals surface area (Å²) >= 11 is 0. The highest BCUT2D eigenvalue weighted by atomic mass is 16.5. The zero-order chi connectivity index (χ0) is 13.5. The number of nitrogens with one attached hydrogen (secondary N) is 1. The summed E-state index contributed by atoms with van der Waals surface area (Å²) in [6, 6.07) is 0. The molecule has 1 atom stereocenters. The molecule has 0 spiro atoms. The van der Waals surface area contributed by atoms with Gasteiger partial charge >= 0.3 is 0 Å². The lowest BCUT2D eigenvalue weighted by Crippen LogP contribution is -2.31. The maximum Gasteiger partial charge on any atom is 0.0897 e. The van der Waals surface area contributed by atoms with Gasteiger partial charge in [-0.2, -0.15) is 0 Å². The Balaban J connectivity index is 3.14. The summed E-state index contributed by atoms with van der Waals surface area (Å²) in [4.78, 5) is 0.